The largest absolute Gasteiger partial charge is 0.484 e. The van der Waals surface area contributed by atoms with Crippen LogP contribution in [-0.2, 0) is 4.79 Å². The molecule has 0 saturated heterocycles. The summed E-state index contributed by atoms with van der Waals surface area (Å²) in [5.41, 5.74) is 3.94. The lowest BCUT2D eigenvalue weighted by molar-refractivity contribution is -0.123. The average Bonchev–Trinajstić information content (AvgIpc) is 2.48. The molecule has 4 heteroatoms. The van der Waals surface area contributed by atoms with Gasteiger partial charge in [0.2, 0.25) is 0 Å². The molecular formula is C16H20N2O2. The molecule has 0 spiro atoms. The van der Waals surface area contributed by atoms with Crippen molar-refractivity contribution >= 4 is 12.1 Å². The van der Waals surface area contributed by atoms with Crippen molar-refractivity contribution in [3.05, 3.63) is 42.0 Å². The van der Waals surface area contributed by atoms with Crippen LogP contribution in [0.1, 0.15) is 26.2 Å². The molecule has 0 heterocycles. The standard InChI is InChI=1S/C16H20N2O2/c1-13-7-9-14(10-8-13)11-17-18-16(19)12-20-15-5-3-2-4-6-15/h2-7,11,14H,8-10,12H2,1H3,(H,18,19)/b17-11+/t14-/m0/s1. The Labute approximate surface area is 119 Å². The van der Waals surface area contributed by atoms with Crippen LogP contribution in [0, 0.1) is 5.92 Å². The summed E-state index contributed by atoms with van der Waals surface area (Å²) >= 11 is 0. The smallest absolute Gasteiger partial charge is 0.277 e. The van der Waals surface area contributed by atoms with E-state index in [9.17, 15) is 4.79 Å². The van der Waals surface area contributed by atoms with Crippen molar-refractivity contribution in [2.45, 2.75) is 26.2 Å². The number of carbonyl (C=O) groups is 1. The molecule has 1 atom stereocenters. The highest BCUT2D eigenvalue weighted by Crippen LogP contribution is 2.21. The summed E-state index contributed by atoms with van der Waals surface area (Å²) in [5.74, 6) is 0.862. The minimum absolute atomic E-state index is 0.0228. The SMILES string of the molecule is CC1=CC[C@H](/C=N/NC(=O)COc2ccccc2)CC1. The third-order valence-electron chi connectivity index (χ3n) is 3.27. The molecule has 1 aliphatic carbocycles. The van der Waals surface area contributed by atoms with Crippen molar-refractivity contribution in [3.63, 3.8) is 0 Å². The van der Waals surface area contributed by atoms with Gasteiger partial charge in [0.25, 0.3) is 5.91 Å². The Bertz CT molecular complexity index is 494. The van der Waals surface area contributed by atoms with Gasteiger partial charge in [-0.2, -0.15) is 5.10 Å². The minimum atomic E-state index is -0.243. The van der Waals surface area contributed by atoms with E-state index < -0.39 is 0 Å². The maximum atomic E-state index is 11.5. The first-order valence-corrected chi connectivity index (χ1v) is 6.89. The Kier molecular flexibility index (Phi) is 5.35. The number of hydrogen-bond acceptors (Lipinski definition) is 3. The van der Waals surface area contributed by atoms with E-state index in [2.05, 4.69) is 23.5 Å². The molecule has 2 rings (SSSR count). The summed E-state index contributed by atoms with van der Waals surface area (Å²) in [6.07, 6.45) is 7.28. The summed E-state index contributed by atoms with van der Waals surface area (Å²) in [6.45, 7) is 2.13. The number of allylic oxidation sites excluding steroid dienone is 2. The summed E-state index contributed by atoms with van der Waals surface area (Å²) < 4.78 is 5.33. The van der Waals surface area contributed by atoms with Gasteiger partial charge >= 0.3 is 0 Å². The van der Waals surface area contributed by atoms with E-state index in [1.165, 1.54) is 5.57 Å². The second kappa shape index (κ2) is 7.48. The van der Waals surface area contributed by atoms with Crippen LogP contribution in [-0.4, -0.2) is 18.7 Å². The van der Waals surface area contributed by atoms with Crippen molar-refractivity contribution < 1.29 is 9.53 Å². The van der Waals surface area contributed by atoms with Gasteiger partial charge in [-0.15, -0.1) is 0 Å². The van der Waals surface area contributed by atoms with Crippen molar-refractivity contribution in [1.29, 1.82) is 0 Å². The number of amides is 1. The highest BCUT2D eigenvalue weighted by Gasteiger charge is 2.10. The molecular weight excluding hydrogens is 252 g/mol. The van der Waals surface area contributed by atoms with Crippen molar-refractivity contribution in [2.75, 3.05) is 6.61 Å². The zero-order valence-corrected chi connectivity index (χ0v) is 11.7. The van der Waals surface area contributed by atoms with E-state index in [4.69, 9.17) is 4.74 Å². The summed E-state index contributed by atoms with van der Waals surface area (Å²) in [5, 5.41) is 4.00. The lowest BCUT2D eigenvalue weighted by atomic mass is 9.91. The van der Waals surface area contributed by atoms with Gasteiger partial charge in [-0.1, -0.05) is 29.8 Å². The molecule has 0 saturated carbocycles. The molecule has 0 fully saturated rings. The number of nitrogens with zero attached hydrogens (tertiary/aromatic N) is 1. The normalized spacial score (nSPS) is 18.6. The Hall–Kier alpha value is -2.10. The zero-order chi connectivity index (χ0) is 14.2. The summed E-state index contributed by atoms with van der Waals surface area (Å²) in [7, 11) is 0. The lowest BCUT2D eigenvalue weighted by Gasteiger charge is -2.15. The molecule has 1 aliphatic rings. The molecule has 20 heavy (non-hydrogen) atoms. The Morgan fingerprint density at radius 1 is 1.45 bits per heavy atom. The third kappa shape index (κ3) is 4.88. The molecule has 106 valence electrons. The van der Waals surface area contributed by atoms with Crippen LogP contribution in [0.15, 0.2) is 47.1 Å². The van der Waals surface area contributed by atoms with Crippen LogP contribution in [0.3, 0.4) is 0 Å². The number of nitrogens with one attached hydrogen (secondary N) is 1. The molecule has 1 aromatic rings. The van der Waals surface area contributed by atoms with Gasteiger partial charge in [0.1, 0.15) is 5.75 Å². The molecule has 1 aromatic carbocycles. The molecule has 1 N–H and O–H groups in total. The predicted octanol–water partition coefficient (Wildman–Crippen LogP) is 2.91. The molecule has 4 nitrogen and oxygen atoms in total. The van der Waals surface area contributed by atoms with Crippen LogP contribution in [0.4, 0.5) is 0 Å². The Morgan fingerprint density at radius 2 is 2.25 bits per heavy atom. The van der Waals surface area contributed by atoms with Crippen LogP contribution >= 0.6 is 0 Å². The topological polar surface area (TPSA) is 50.7 Å². The number of benzene rings is 1. The second-order valence-corrected chi connectivity index (χ2v) is 5.00. The van der Waals surface area contributed by atoms with E-state index in [1.807, 2.05) is 36.5 Å². The number of para-hydroxylation sites is 1. The first-order chi connectivity index (χ1) is 9.74. The quantitative estimate of drug-likeness (QED) is 0.509. The highest BCUT2D eigenvalue weighted by atomic mass is 16.5. The van der Waals surface area contributed by atoms with Gasteiger partial charge in [0.15, 0.2) is 6.61 Å². The van der Waals surface area contributed by atoms with E-state index in [1.54, 1.807) is 0 Å². The van der Waals surface area contributed by atoms with Gasteiger partial charge in [-0.05, 0) is 44.2 Å². The van der Waals surface area contributed by atoms with Gasteiger partial charge in [0.05, 0.1) is 0 Å². The zero-order valence-electron chi connectivity index (χ0n) is 11.7. The number of hydrazone groups is 1. The third-order valence-corrected chi connectivity index (χ3v) is 3.27. The first kappa shape index (κ1) is 14.3. The molecule has 0 aliphatic heterocycles. The van der Waals surface area contributed by atoms with Gasteiger partial charge in [-0.25, -0.2) is 5.43 Å². The van der Waals surface area contributed by atoms with Crippen molar-refractivity contribution in [3.8, 4) is 5.75 Å². The monoisotopic (exact) mass is 272 g/mol. The molecule has 0 aromatic heterocycles. The molecule has 0 radical (unpaired) electrons. The fraction of sp³-hybridized carbons (Fsp3) is 0.375. The Morgan fingerprint density at radius 3 is 2.95 bits per heavy atom. The Balaban J connectivity index is 1.67. The lowest BCUT2D eigenvalue weighted by Crippen LogP contribution is -2.25. The fourth-order valence-corrected chi connectivity index (χ4v) is 2.03. The fourth-order valence-electron chi connectivity index (χ4n) is 2.03. The van der Waals surface area contributed by atoms with E-state index in [0.29, 0.717) is 11.7 Å². The molecule has 1 amide bonds. The number of carbonyl (C=O) groups excluding carboxylic acids is 1. The van der Waals surface area contributed by atoms with Crippen LogP contribution in [0.25, 0.3) is 0 Å². The summed E-state index contributed by atoms with van der Waals surface area (Å²) in [4.78, 5) is 11.5. The van der Waals surface area contributed by atoms with Crippen LogP contribution < -0.4 is 10.2 Å². The van der Waals surface area contributed by atoms with Crippen molar-refractivity contribution in [2.24, 2.45) is 11.0 Å². The minimum Gasteiger partial charge on any atom is -0.484 e. The number of ether oxygens (including phenoxy) is 1. The maximum absolute atomic E-state index is 11.5. The molecule has 0 bridgehead atoms. The first-order valence-electron chi connectivity index (χ1n) is 6.89. The van der Waals surface area contributed by atoms with Crippen LogP contribution in [0.2, 0.25) is 0 Å². The molecule has 0 unspecified atom stereocenters. The summed E-state index contributed by atoms with van der Waals surface area (Å²) in [6, 6.07) is 9.26. The van der Waals surface area contributed by atoms with Gasteiger partial charge in [-0.3, -0.25) is 4.79 Å². The van der Waals surface area contributed by atoms with E-state index in [-0.39, 0.29) is 12.5 Å². The van der Waals surface area contributed by atoms with Gasteiger partial charge < -0.3 is 4.74 Å². The maximum Gasteiger partial charge on any atom is 0.277 e. The number of rotatable bonds is 5. The van der Waals surface area contributed by atoms with Crippen LogP contribution in [0.5, 0.6) is 5.75 Å². The second-order valence-electron chi connectivity index (χ2n) is 5.00. The van der Waals surface area contributed by atoms with Gasteiger partial charge in [0, 0.05) is 6.21 Å². The highest BCUT2D eigenvalue weighted by molar-refractivity contribution is 5.78. The number of hydrogen-bond donors (Lipinski definition) is 1. The van der Waals surface area contributed by atoms with E-state index >= 15 is 0 Å². The van der Waals surface area contributed by atoms with E-state index in [0.717, 1.165) is 19.3 Å². The predicted molar refractivity (Wildman–Crippen MR) is 79.7 cm³/mol. The van der Waals surface area contributed by atoms with Crippen molar-refractivity contribution in [1.82, 2.24) is 5.43 Å². The average molecular weight is 272 g/mol.